The van der Waals surface area contributed by atoms with Crippen molar-refractivity contribution in [2.24, 2.45) is 11.1 Å². The van der Waals surface area contributed by atoms with Gasteiger partial charge in [0.15, 0.2) is 5.75 Å². The predicted molar refractivity (Wildman–Crippen MR) is 62.8 cm³/mol. The van der Waals surface area contributed by atoms with Crippen molar-refractivity contribution in [2.75, 3.05) is 0 Å². The average Bonchev–Trinajstić information content (AvgIpc) is 2.19. The van der Waals surface area contributed by atoms with Crippen LogP contribution in [0.3, 0.4) is 0 Å². The number of rotatable bonds is 2. The standard InChI is InChI=1S/C11H16N2O4/c1-11(2,3)10(12)6-4-7(13(16)17)9(15)8(14)5-6/h4-5,10,14-15H,12H2,1-3H3/t10-/m1/s1. The van der Waals surface area contributed by atoms with Crippen molar-refractivity contribution < 1.29 is 15.1 Å². The van der Waals surface area contributed by atoms with E-state index in [9.17, 15) is 20.3 Å². The number of nitro benzene ring substituents is 1. The highest BCUT2D eigenvalue weighted by molar-refractivity contribution is 5.57. The summed E-state index contributed by atoms with van der Waals surface area (Å²) in [7, 11) is 0. The summed E-state index contributed by atoms with van der Waals surface area (Å²) >= 11 is 0. The third-order valence-corrected chi connectivity index (χ3v) is 2.58. The fourth-order valence-corrected chi connectivity index (χ4v) is 1.44. The summed E-state index contributed by atoms with van der Waals surface area (Å²) in [5, 5.41) is 29.5. The zero-order valence-electron chi connectivity index (χ0n) is 9.97. The van der Waals surface area contributed by atoms with E-state index in [2.05, 4.69) is 0 Å². The first-order chi connectivity index (χ1) is 7.64. The number of nitrogens with zero attached hydrogens (tertiary/aromatic N) is 1. The fraction of sp³-hybridized carbons (Fsp3) is 0.455. The van der Waals surface area contributed by atoms with Gasteiger partial charge in [-0.15, -0.1) is 0 Å². The molecule has 1 aromatic rings. The first-order valence-electron chi connectivity index (χ1n) is 5.10. The van der Waals surface area contributed by atoms with Gasteiger partial charge >= 0.3 is 5.69 Å². The maximum Gasteiger partial charge on any atom is 0.314 e. The summed E-state index contributed by atoms with van der Waals surface area (Å²) in [6, 6.07) is 1.95. The molecule has 0 aromatic heterocycles. The van der Waals surface area contributed by atoms with Gasteiger partial charge in [0.25, 0.3) is 0 Å². The smallest absolute Gasteiger partial charge is 0.314 e. The van der Waals surface area contributed by atoms with Crippen molar-refractivity contribution in [3.05, 3.63) is 27.8 Å². The van der Waals surface area contributed by atoms with Crippen LogP contribution in [0.15, 0.2) is 12.1 Å². The molecule has 0 unspecified atom stereocenters. The summed E-state index contributed by atoms with van der Waals surface area (Å²) < 4.78 is 0. The highest BCUT2D eigenvalue weighted by Gasteiger charge is 2.27. The highest BCUT2D eigenvalue weighted by Crippen LogP contribution is 2.40. The molecule has 1 atom stereocenters. The lowest BCUT2D eigenvalue weighted by Crippen LogP contribution is -2.26. The van der Waals surface area contributed by atoms with E-state index in [1.165, 1.54) is 12.1 Å². The summed E-state index contributed by atoms with van der Waals surface area (Å²) in [5.74, 6) is -1.27. The zero-order chi connectivity index (χ0) is 13.4. The van der Waals surface area contributed by atoms with Crippen molar-refractivity contribution in [1.29, 1.82) is 0 Å². The highest BCUT2D eigenvalue weighted by atomic mass is 16.6. The van der Waals surface area contributed by atoms with Gasteiger partial charge in [0.2, 0.25) is 5.75 Å². The molecule has 1 rings (SSSR count). The Balaban J connectivity index is 3.34. The monoisotopic (exact) mass is 240 g/mol. The molecule has 0 spiro atoms. The lowest BCUT2D eigenvalue weighted by molar-refractivity contribution is -0.386. The molecule has 0 saturated heterocycles. The van der Waals surface area contributed by atoms with Crippen LogP contribution in [-0.4, -0.2) is 15.1 Å². The number of phenols is 2. The number of hydrogen-bond acceptors (Lipinski definition) is 5. The molecule has 0 saturated carbocycles. The van der Waals surface area contributed by atoms with Crippen LogP contribution in [0.25, 0.3) is 0 Å². The van der Waals surface area contributed by atoms with E-state index in [0.717, 1.165) is 0 Å². The Kier molecular flexibility index (Phi) is 3.28. The third-order valence-electron chi connectivity index (χ3n) is 2.58. The lowest BCUT2D eigenvalue weighted by Gasteiger charge is -2.27. The van der Waals surface area contributed by atoms with E-state index in [4.69, 9.17) is 5.73 Å². The van der Waals surface area contributed by atoms with Gasteiger partial charge in [-0.25, -0.2) is 0 Å². The Hall–Kier alpha value is -1.82. The van der Waals surface area contributed by atoms with Gasteiger partial charge < -0.3 is 15.9 Å². The van der Waals surface area contributed by atoms with Crippen LogP contribution < -0.4 is 5.73 Å². The molecule has 6 nitrogen and oxygen atoms in total. The number of nitrogens with two attached hydrogens (primary N) is 1. The molecule has 0 aliphatic heterocycles. The molecule has 0 aliphatic carbocycles. The summed E-state index contributed by atoms with van der Waals surface area (Å²) in [6.07, 6.45) is 0. The Morgan fingerprint density at radius 1 is 1.35 bits per heavy atom. The van der Waals surface area contributed by atoms with Crippen LogP contribution in [0, 0.1) is 15.5 Å². The lowest BCUT2D eigenvalue weighted by atomic mass is 9.83. The van der Waals surface area contributed by atoms with Crippen molar-refractivity contribution >= 4 is 5.69 Å². The fourth-order valence-electron chi connectivity index (χ4n) is 1.44. The topological polar surface area (TPSA) is 110 Å². The average molecular weight is 240 g/mol. The molecule has 0 bridgehead atoms. The van der Waals surface area contributed by atoms with Crippen LogP contribution >= 0.6 is 0 Å². The van der Waals surface area contributed by atoms with E-state index < -0.39 is 28.2 Å². The molecule has 17 heavy (non-hydrogen) atoms. The normalized spacial score (nSPS) is 13.4. The molecule has 4 N–H and O–H groups in total. The third kappa shape index (κ3) is 2.65. The minimum absolute atomic E-state index is 0.308. The largest absolute Gasteiger partial charge is 0.504 e. The Morgan fingerprint density at radius 3 is 2.29 bits per heavy atom. The number of benzene rings is 1. The van der Waals surface area contributed by atoms with Gasteiger partial charge in [-0.1, -0.05) is 20.8 Å². The van der Waals surface area contributed by atoms with E-state index in [-0.39, 0.29) is 5.41 Å². The van der Waals surface area contributed by atoms with Gasteiger partial charge in [-0.2, -0.15) is 0 Å². The number of hydrogen-bond donors (Lipinski definition) is 3. The van der Waals surface area contributed by atoms with Crippen LogP contribution in [-0.2, 0) is 0 Å². The zero-order valence-corrected chi connectivity index (χ0v) is 9.97. The minimum atomic E-state index is -0.756. The first kappa shape index (κ1) is 13.2. The minimum Gasteiger partial charge on any atom is -0.504 e. The van der Waals surface area contributed by atoms with E-state index >= 15 is 0 Å². The van der Waals surface area contributed by atoms with E-state index in [1.807, 2.05) is 20.8 Å². The van der Waals surface area contributed by atoms with Gasteiger partial charge in [0, 0.05) is 12.1 Å². The molecular weight excluding hydrogens is 224 g/mol. The number of nitro groups is 1. The SMILES string of the molecule is CC(C)(C)[C@H](N)c1cc(O)c(O)c([N+](=O)[O-])c1. The first-order valence-corrected chi connectivity index (χ1v) is 5.10. The van der Waals surface area contributed by atoms with Crippen LogP contribution in [0.5, 0.6) is 11.5 Å². The second-order valence-corrected chi connectivity index (χ2v) is 5.01. The van der Waals surface area contributed by atoms with Crippen molar-refractivity contribution in [2.45, 2.75) is 26.8 Å². The van der Waals surface area contributed by atoms with E-state index in [1.54, 1.807) is 0 Å². The van der Waals surface area contributed by atoms with Gasteiger partial charge in [0.05, 0.1) is 4.92 Å². The Labute approximate surface area is 98.8 Å². The van der Waals surface area contributed by atoms with Crippen molar-refractivity contribution in [3.8, 4) is 11.5 Å². The molecule has 0 amide bonds. The summed E-state index contributed by atoms with van der Waals surface area (Å²) in [4.78, 5) is 9.94. The predicted octanol–water partition coefficient (Wildman–Crippen LogP) is 2.05. The summed E-state index contributed by atoms with van der Waals surface area (Å²) in [6.45, 7) is 5.65. The van der Waals surface area contributed by atoms with Crippen LogP contribution in [0.2, 0.25) is 0 Å². The van der Waals surface area contributed by atoms with Gasteiger partial charge in [-0.3, -0.25) is 10.1 Å². The maximum absolute atomic E-state index is 10.7. The van der Waals surface area contributed by atoms with E-state index in [0.29, 0.717) is 5.56 Å². The molecule has 0 radical (unpaired) electrons. The number of aromatic hydroxyl groups is 2. The van der Waals surface area contributed by atoms with Crippen molar-refractivity contribution in [1.82, 2.24) is 0 Å². The molecule has 0 heterocycles. The van der Waals surface area contributed by atoms with Gasteiger partial charge in [-0.05, 0) is 17.0 Å². The Bertz CT molecular complexity index is 452. The summed E-state index contributed by atoms with van der Waals surface area (Å²) in [5.41, 5.74) is 5.51. The van der Waals surface area contributed by atoms with Crippen LogP contribution in [0.1, 0.15) is 32.4 Å². The Morgan fingerprint density at radius 2 is 1.88 bits per heavy atom. The van der Waals surface area contributed by atoms with Crippen molar-refractivity contribution in [3.63, 3.8) is 0 Å². The van der Waals surface area contributed by atoms with Crippen LogP contribution in [0.4, 0.5) is 5.69 Å². The molecule has 0 aliphatic rings. The second-order valence-electron chi connectivity index (χ2n) is 5.01. The quantitative estimate of drug-likeness (QED) is 0.416. The molecular formula is C11H16N2O4. The van der Waals surface area contributed by atoms with Gasteiger partial charge in [0.1, 0.15) is 0 Å². The number of phenolic OH excluding ortho intramolecular Hbond substituents is 2. The molecule has 94 valence electrons. The molecule has 1 aromatic carbocycles. The molecule has 0 fully saturated rings. The second kappa shape index (κ2) is 4.21. The maximum atomic E-state index is 10.7. The molecule has 6 heteroatoms.